The first-order chi connectivity index (χ1) is 16.3. The lowest BCUT2D eigenvalue weighted by molar-refractivity contribution is -0.143. The summed E-state index contributed by atoms with van der Waals surface area (Å²) in [6.45, 7) is 2.40. The fourth-order valence-electron chi connectivity index (χ4n) is 3.55. The molecule has 0 aromatic heterocycles. The first-order valence-corrected chi connectivity index (χ1v) is 10.2. The van der Waals surface area contributed by atoms with Crippen LogP contribution in [-0.2, 0) is 32.3 Å². The van der Waals surface area contributed by atoms with Crippen LogP contribution < -0.4 is 28.4 Å². The van der Waals surface area contributed by atoms with Crippen LogP contribution in [0.15, 0.2) is 12.1 Å². The van der Waals surface area contributed by atoms with Crippen molar-refractivity contribution in [1.29, 1.82) is 0 Å². The fraction of sp³-hybridized carbons (Fsp3) is 0.417. The van der Waals surface area contributed by atoms with Crippen LogP contribution in [0.3, 0.4) is 0 Å². The van der Waals surface area contributed by atoms with Gasteiger partial charge in [0.05, 0.1) is 42.7 Å². The molecule has 0 aliphatic carbocycles. The second-order valence-electron chi connectivity index (χ2n) is 6.92. The molecule has 0 aliphatic heterocycles. The van der Waals surface area contributed by atoms with Crippen molar-refractivity contribution in [1.82, 2.24) is 0 Å². The van der Waals surface area contributed by atoms with Gasteiger partial charge in [-0.05, 0) is 12.1 Å². The third-order valence-corrected chi connectivity index (χ3v) is 4.94. The molecule has 10 heteroatoms. The van der Waals surface area contributed by atoms with E-state index in [-0.39, 0.29) is 13.2 Å². The maximum absolute atomic E-state index is 11.6. The van der Waals surface area contributed by atoms with E-state index in [4.69, 9.17) is 37.9 Å². The summed E-state index contributed by atoms with van der Waals surface area (Å²) in [4.78, 5) is 23.2. The highest BCUT2D eigenvalue weighted by Gasteiger charge is 2.30. The van der Waals surface area contributed by atoms with Crippen molar-refractivity contribution in [2.45, 2.75) is 27.1 Å². The standard InChI is InChI=1S/C24H30O10/c1-13(25)33-11-15-9-17(27-3)21(29-5)23(31-7)19(15)20-16(12-34-14(2)26)10-18(28-4)22(30-6)24(20)32-8/h9-10H,11-12H2,1-8H3. The van der Waals surface area contributed by atoms with E-state index in [0.717, 1.165) is 0 Å². The summed E-state index contributed by atoms with van der Waals surface area (Å²) < 4.78 is 44.2. The summed E-state index contributed by atoms with van der Waals surface area (Å²) in [6.07, 6.45) is 0. The van der Waals surface area contributed by atoms with E-state index in [0.29, 0.717) is 56.8 Å². The zero-order valence-corrected chi connectivity index (χ0v) is 20.7. The van der Waals surface area contributed by atoms with Crippen molar-refractivity contribution >= 4 is 11.9 Å². The van der Waals surface area contributed by atoms with Gasteiger partial charge in [0.15, 0.2) is 23.0 Å². The molecule has 34 heavy (non-hydrogen) atoms. The van der Waals surface area contributed by atoms with Gasteiger partial charge in [-0.3, -0.25) is 9.59 Å². The van der Waals surface area contributed by atoms with Crippen LogP contribution >= 0.6 is 0 Å². The van der Waals surface area contributed by atoms with Gasteiger partial charge in [0.1, 0.15) is 13.2 Å². The molecule has 186 valence electrons. The maximum atomic E-state index is 11.6. The van der Waals surface area contributed by atoms with E-state index in [9.17, 15) is 9.59 Å². The van der Waals surface area contributed by atoms with Crippen molar-refractivity contribution in [3.05, 3.63) is 23.3 Å². The second-order valence-corrected chi connectivity index (χ2v) is 6.92. The summed E-state index contributed by atoms with van der Waals surface area (Å²) in [6, 6.07) is 3.34. The van der Waals surface area contributed by atoms with Gasteiger partial charge < -0.3 is 37.9 Å². The molecule has 0 heterocycles. The molecule has 0 atom stereocenters. The van der Waals surface area contributed by atoms with E-state index >= 15 is 0 Å². The molecule has 0 saturated carbocycles. The molecule has 0 radical (unpaired) electrons. The minimum Gasteiger partial charge on any atom is -0.493 e. The average Bonchev–Trinajstić information content (AvgIpc) is 2.83. The van der Waals surface area contributed by atoms with Crippen LogP contribution in [0.4, 0.5) is 0 Å². The Labute approximate surface area is 198 Å². The van der Waals surface area contributed by atoms with Crippen molar-refractivity contribution in [2.24, 2.45) is 0 Å². The molecule has 0 spiro atoms. The van der Waals surface area contributed by atoms with E-state index in [2.05, 4.69) is 0 Å². The summed E-state index contributed by atoms with van der Waals surface area (Å²) >= 11 is 0. The Kier molecular flexibility index (Phi) is 9.23. The number of benzene rings is 2. The molecule has 10 nitrogen and oxygen atoms in total. The number of carbonyl (C=O) groups is 2. The monoisotopic (exact) mass is 478 g/mol. The van der Waals surface area contributed by atoms with Crippen molar-refractivity contribution in [3.8, 4) is 45.6 Å². The lowest BCUT2D eigenvalue weighted by Crippen LogP contribution is -2.09. The van der Waals surface area contributed by atoms with E-state index in [1.54, 1.807) is 12.1 Å². The molecule has 0 fully saturated rings. The predicted octanol–water partition coefficient (Wildman–Crippen LogP) is 3.53. The van der Waals surface area contributed by atoms with E-state index in [1.807, 2.05) is 0 Å². The smallest absolute Gasteiger partial charge is 0.302 e. The first kappa shape index (κ1) is 26.4. The van der Waals surface area contributed by atoms with Crippen molar-refractivity contribution < 1.29 is 47.5 Å². The summed E-state index contributed by atoms with van der Waals surface area (Å²) in [7, 11) is 8.85. The highest BCUT2D eigenvalue weighted by molar-refractivity contribution is 5.88. The van der Waals surface area contributed by atoms with Gasteiger partial charge in [0.2, 0.25) is 11.5 Å². The zero-order chi connectivity index (χ0) is 25.4. The topological polar surface area (TPSA) is 108 Å². The Bertz CT molecular complexity index is 962. The average molecular weight is 478 g/mol. The van der Waals surface area contributed by atoms with Crippen LogP contribution in [0.5, 0.6) is 34.5 Å². The van der Waals surface area contributed by atoms with Gasteiger partial charge in [0.25, 0.3) is 0 Å². The second kappa shape index (κ2) is 11.9. The van der Waals surface area contributed by atoms with Gasteiger partial charge >= 0.3 is 11.9 Å². The van der Waals surface area contributed by atoms with Crippen LogP contribution in [-0.4, -0.2) is 54.6 Å². The summed E-state index contributed by atoms with van der Waals surface area (Å²) in [5, 5.41) is 0. The van der Waals surface area contributed by atoms with Crippen LogP contribution in [0.2, 0.25) is 0 Å². The molecule has 0 saturated heterocycles. The van der Waals surface area contributed by atoms with Gasteiger partial charge in [0, 0.05) is 36.1 Å². The van der Waals surface area contributed by atoms with Gasteiger partial charge in [-0.25, -0.2) is 0 Å². The molecule has 2 rings (SSSR count). The first-order valence-electron chi connectivity index (χ1n) is 10.2. The van der Waals surface area contributed by atoms with Crippen molar-refractivity contribution in [2.75, 3.05) is 42.7 Å². The van der Waals surface area contributed by atoms with Gasteiger partial charge in [-0.1, -0.05) is 0 Å². The van der Waals surface area contributed by atoms with Crippen LogP contribution in [0.25, 0.3) is 11.1 Å². The number of ether oxygens (including phenoxy) is 8. The number of hydrogen-bond acceptors (Lipinski definition) is 10. The molecular formula is C24H30O10. The molecule has 0 amide bonds. The Balaban J connectivity index is 3.06. The van der Waals surface area contributed by atoms with Gasteiger partial charge in [-0.15, -0.1) is 0 Å². The SMILES string of the molecule is COc1cc(COC(C)=O)c(-c2c(COC(C)=O)cc(OC)c(OC)c2OC)c(OC)c1OC. The third-order valence-electron chi connectivity index (χ3n) is 4.94. The van der Waals surface area contributed by atoms with Gasteiger partial charge in [-0.2, -0.15) is 0 Å². The Morgan fingerprint density at radius 3 is 1.12 bits per heavy atom. The molecular weight excluding hydrogens is 448 g/mol. The summed E-state index contributed by atoms with van der Waals surface area (Å²) in [5.41, 5.74) is 2.00. The molecule has 0 unspecified atom stereocenters. The quantitative estimate of drug-likeness (QED) is 0.445. The molecule has 2 aromatic rings. The Morgan fingerprint density at radius 1 is 0.559 bits per heavy atom. The number of methoxy groups -OCH3 is 6. The number of rotatable bonds is 11. The third kappa shape index (κ3) is 5.38. The normalized spacial score (nSPS) is 10.2. The molecule has 0 aliphatic rings. The number of carbonyl (C=O) groups excluding carboxylic acids is 2. The van der Waals surface area contributed by atoms with E-state index < -0.39 is 11.9 Å². The Morgan fingerprint density at radius 2 is 0.882 bits per heavy atom. The number of esters is 2. The summed E-state index contributed by atoms with van der Waals surface area (Å²) in [5.74, 6) is 0.983. The highest BCUT2D eigenvalue weighted by atomic mass is 16.5. The highest BCUT2D eigenvalue weighted by Crippen LogP contribution is 2.54. The van der Waals surface area contributed by atoms with E-state index in [1.165, 1.54) is 56.5 Å². The molecule has 0 bridgehead atoms. The Hall–Kier alpha value is -3.82. The lowest BCUT2D eigenvalue weighted by Gasteiger charge is -2.24. The minimum absolute atomic E-state index is 0.105. The largest absolute Gasteiger partial charge is 0.493 e. The van der Waals surface area contributed by atoms with Crippen molar-refractivity contribution in [3.63, 3.8) is 0 Å². The van der Waals surface area contributed by atoms with Crippen LogP contribution in [0.1, 0.15) is 25.0 Å². The number of hydrogen-bond donors (Lipinski definition) is 0. The maximum Gasteiger partial charge on any atom is 0.302 e. The molecule has 2 aromatic carbocycles. The molecule has 0 N–H and O–H groups in total. The predicted molar refractivity (Wildman–Crippen MR) is 122 cm³/mol. The fourth-order valence-corrected chi connectivity index (χ4v) is 3.55. The zero-order valence-electron chi connectivity index (χ0n) is 20.7. The lowest BCUT2D eigenvalue weighted by atomic mass is 9.92. The van der Waals surface area contributed by atoms with Crippen LogP contribution in [0, 0.1) is 0 Å². The minimum atomic E-state index is -0.473.